The van der Waals surface area contributed by atoms with Crippen molar-refractivity contribution in [3.63, 3.8) is 0 Å². The first kappa shape index (κ1) is 25.9. The number of nitrogens with zero attached hydrogens (tertiary/aromatic N) is 3. The minimum absolute atomic E-state index is 0. The molecule has 0 radical (unpaired) electrons. The van der Waals surface area contributed by atoms with E-state index in [0.717, 1.165) is 64.0 Å². The lowest BCUT2D eigenvalue weighted by molar-refractivity contribution is 0.00961. The van der Waals surface area contributed by atoms with Gasteiger partial charge in [-0.2, -0.15) is 0 Å². The molecule has 2 atom stereocenters. The van der Waals surface area contributed by atoms with Crippen molar-refractivity contribution in [2.45, 2.75) is 63.5 Å². The van der Waals surface area contributed by atoms with Crippen molar-refractivity contribution in [1.82, 2.24) is 15.1 Å². The Morgan fingerprint density at radius 1 is 1.21 bits per heavy atom. The number of nitrogens with one attached hydrogen (secondary N) is 1. The summed E-state index contributed by atoms with van der Waals surface area (Å²) in [6.45, 7) is 6.98. The van der Waals surface area contributed by atoms with Crippen LogP contribution in [-0.4, -0.2) is 88.5 Å². The maximum atomic E-state index is 5.99. The molecule has 1 aliphatic carbocycles. The zero-order chi connectivity index (χ0) is 19.7. The first-order valence-electron chi connectivity index (χ1n) is 10.7. The molecule has 2 fully saturated rings. The van der Waals surface area contributed by atoms with Crippen LogP contribution in [-0.2, 0) is 9.47 Å². The second kappa shape index (κ2) is 13.2. The first-order chi connectivity index (χ1) is 13.0. The molecule has 0 spiro atoms. The van der Waals surface area contributed by atoms with Gasteiger partial charge < -0.3 is 24.6 Å². The summed E-state index contributed by atoms with van der Waals surface area (Å²) < 4.78 is 11.1. The Bertz CT molecular complexity index is 456. The van der Waals surface area contributed by atoms with Gasteiger partial charge in [-0.1, -0.05) is 19.8 Å². The van der Waals surface area contributed by atoms with Crippen LogP contribution in [0.25, 0.3) is 0 Å². The van der Waals surface area contributed by atoms with Crippen molar-refractivity contribution in [2.75, 3.05) is 61.1 Å². The number of hydrogen-bond acceptors (Lipinski definition) is 4. The molecule has 1 heterocycles. The van der Waals surface area contributed by atoms with Crippen molar-refractivity contribution in [3.05, 3.63) is 0 Å². The summed E-state index contributed by atoms with van der Waals surface area (Å²) in [6.07, 6.45) is 8.72. The quantitative estimate of drug-likeness (QED) is 0.235. The molecule has 0 aromatic rings. The van der Waals surface area contributed by atoms with Gasteiger partial charge in [-0.25, -0.2) is 0 Å². The fraction of sp³-hybridized carbons (Fsp3) is 0.952. The van der Waals surface area contributed by atoms with Gasteiger partial charge in [0.05, 0.1) is 6.10 Å². The Hall–Kier alpha value is -0.120. The minimum atomic E-state index is 0. The number of guanidine groups is 1. The van der Waals surface area contributed by atoms with E-state index in [1.54, 1.807) is 7.11 Å². The summed E-state index contributed by atoms with van der Waals surface area (Å²) in [5, 5.41) is 3.70. The van der Waals surface area contributed by atoms with Crippen molar-refractivity contribution < 1.29 is 9.47 Å². The number of likely N-dealkylation sites (N-methyl/N-ethyl adjacent to an activating group) is 1. The van der Waals surface area contributed by atoms with Gasteiger partial charge in [0.15, 0.2) is 5.96 Å². The van der Waals surface area contributed by atoms with Gasteiger partial charge in [0.25, 0.3) is 0 Å². The summed E-state index contributed by atoms with van der Waals surface area (Å²) in [5.41, 5.74) is 0.246. The largest absolute Gasteiger partial charge is 0.385 e. The number of methoxy groups -OCH3 is 1. The lowest BCUT2D eigenvalue weighted by Gasteiger charge is -2.46. The zero-order valence-electron chi connectivity index (χ0n) is 18.7. The van der Waals surface area contributed by atoms with Gasteiger partial charge in [-0.05, 0) is 52.1 Å². The number of likely N-dealkylation sites (tertiary alicyclic amines) is 1. The third kappa shape index (κ3) is 7.61. The van der Waals surface area contributed by atoms with E-state index < -0.39 is 0 Å². The number of rotatable bonds is 8. The van der Waals surface area contributed by atoms with Crippen LogP contribution in [0.4, 0.5) is 0 Å². The lowest BCUT2D eigenvalue weighted by atomic mass is 9.75. The average Bonchev–Trinajstić information content (AvgIpc) is 2.66. The topological polar surface area (TPSA) is 49.3 Å². The van der Waals surface area contributed by atoms with Crippen molar-refractivity contribution >= 4 is 29.9 Å². The number of hydrogen-bond donors (Lipinski definition) is 1. The molecule has 7 heteroatoms. The van der Waals surface area contributed by atoms with Gasteiger partial charge in [0, 0.05) is 52.5 Å². The highest BCUT2D eigenvalue weighted by Crippen LogP contribution is 2.35. The summed E-state index contributed by atoms with van der Waals surface area (Å²) in [7, 11) is 8.11. The number of halogens is 1. The van der Waals surface area contributed by atoms with Crippen molar-refractivity contribution in [3.8, 4) is 0 Å². The Labute approximate surface area is 189 Å². The van der Waals surface area contributed by atoms with Gasteiger partial charge in [-0.3, -0.25) is 4.99 Å². The molecule has 0 aromatic carbocycles. The summed E-state index contributed by atoms with van der Waals surface area (Å²) in [5.74, 6) is 1.85. The highest BCUT2D eigenvalue weighted by molar-refractivity contribution is 14.0. The van der Waals surface area contributed by atoms with Crippen LogP contribution in [0.15, 0.2) is 4.99 Å². The maximum absolute atomic E-state index is 5.99. The second-order valence-electron chi connectivity index (χ2n) is 8.62. The monoisotopic (exact) mass is 510 g/mol. The molecule has 2 aliphatic rings. The van der Waals surface area contributed by atoms with Crippen LogP contribution in [0.2, 0.25) is 0 Å². The number of aliphatic imine (C=N–C) groups is 1. The Morgan fingerprint density at radius 3 is 2.50 bits per heavy atom. The van der Waals surface area contributed by atoms with E-state index >= 15 is 0 Å². The SMILES string of the molecule is CN=C(NCC1(N(C)C)CCCC(C)C1)N1CCC(OCCCOC)CC1.I. The average molecular weight is 511 g/mol. The molecule has 0 amide bonds. The summed E-state index contributed by atoms with van der Waals surface area (Å²) in [6, 6.07) is 0. The predicted octanol–water partition coefficient (Wildman–Crippen LogP) is 3.21. The molecule has 2 unspecified atom stereocenters. The molecule has 0 bridgehead atoms. The molecule has 6 nitrogen and oxygen atoms in total. The molecule has 1 aliphatic heterocycles. The smallest absolute Gasteiger partial charge is 0.193 e. The Balaban J connectivity index is 0.00000392. The molecular weight excluding hydrogens is 467 g/mol. The standard InChI is InChI=1S/C21H42N4O2.HI/c1-18-8-6-11-21(16-18,24(3)4)17-23-20(22-2)25-12-9-19(10-13-25)27-15-7-14-26-5;/h18-19H,6-17H2,1-5H3,(H,22,23);1H. The Morgan fingerprint density at radius 2 is 1.93 bits per heavy atom. The Kier molecular flexibility index (Phi) is 12.3. The fourth-order valence-corrected chi connectivity index (χ4v) is 4.62. The van der Waals surface area contributed by atoms with Crippen LogP contribution < -0.4 is 5.32 Å². The minimum Gasteiger partial charge on any atom is -0.385 e. The normalized spacial score (nSPS) is 27.0. The molecule has 1 saturated heterocycles. The summed E-state index contributed by atoms with van der Waals surface area (Å²) >= 11 is 0. The van der Waals surface area contributed by atoms with E-state index in [-0.39, 0.29) is 29.5 Å². The van der Waals surface area contributed by atoms with E-state index in [0.29, 0.717) is 6.10 Å². The van der Waals surface area contributed by atoms with Gasteiger partial charge in [0.2, 0.25) is 0 Å². The molecule has 28 heavy (non-hydrogen) atoms. The molecule has 166 valence electrons. The van der Waals surface area contributed by atoms with Crippen molar-refractivity contribution in [2.24, 2.45) is 10.9 Å². The molecule has 0 aromatic heterocycles. The van der Waals surface area contributed by atoms with E-state index in [4.69, 9.17) is 9.47 Å². The number of ether oxygens (including phenoxy) is 2. The highest BCUT2D eigenvalue weighted by atomic mass is 127. The van der Waals surface area contributed by atoms with Gasteiger partial charge >= 0.3 is 0 Å². The zero-order valence-corrected chi connectivity index (χ0v) is 21.0. The molecule has 1 saturated carbocycles. The van der Waals surface area contributed by atoms with Crippen LogP contribution in [0, 0.1) is 5.92 Å². The predicted molar refractivity (Wildman–Crippen MR) is 128 cm³/mol. The lowest BCUT2D eigenvalue weighted by Crippen LogP contribution is -2.57. The van der Waals surface area contributed by atoms with Crippen LogP contribution >= 0.6 is 24.0 Å². The highest BCUT2D eigenvalue weighted by Gasteiger charge is 2.37. The van der Waals surface area contributed by atoms with Crippen LogP contribution in [0.3, 0.4) is 0 Å². The molecule has 1 N–H and O–H groups in total. The fourth-order valence-electron chi connectivity index (χ4n) is 4.62. The van der Waals surface area contributed by atoms with Gasteiger partial charge in [0.1, 0.15) is 0 Å². The van der Waals surface area contributed by atoms with E-state index in [9.17, 15) is 0 Å². The van der Waals surface area contributed by atoms with E-state index in [2.05, 4.69) is 41.1 Å². The second-order valence-corrected chi connectivity index (χ2v) is 8.62. The molecule has 2 rings (SSSR count). The van der Waals surface area contributed by atoms with E-state index in [1.807, 2.05) is 7.05 Å². The summed E-state index contributed by atoms with van der Waals surface area (Å²) in [4.78, 5) is 9.40. The molecular formula is C21H43IN4O2. The van der Waals surface area contributed by atoms with Crippen LogP contribution in [0.1, 0.15) is 51.9 Å². The van der Waals surface area contributed by atoms with E-state index in [1.165, 1.54) is 25.7 Å². The van der Waals surface area contributed by atoms with Crippen LogP contribution in [0.5, 0.6) is 0 Å². The maximum Gasteiger partial charge on any atom is 0.193 e. The first-order valence-corrected chi connectivity index (χ1v) is 10.7. The van der Waals surface area contributed by atoms with Gasteiger partial charge in [-0.15, -0.1) is 24.0 Å². The number of piperidine rings is 1. The van der Waals surface area contributed by atoms with Crippen molar-refractivity contribution in [1.29, 1.82) is 0 Å². The third-order valence-corrected chi connectivity index (χ3v) is 6.39. The third-order valence-electron chi connectivity index (χ3n) is 6.39.